The maximum absolute atomic E-state index is 13.5. The smallest absolute Gasteiger partial charge is 0.127 e. The molecule has 4 heterocycles. The molecule has 4 aromatic rings. The zero-order chi connectivity index (χ0) is 17.4. The third-order valence-corrected chi connectivity index (χ3v) is 4.61. The van der Waals surface area contributed by atoms with Crippen LogP contribution in [0.15, 0.2) is 59.1 Å². The average Bonchev–Trinajstić information content (AvgIpc) is 3.21. The fourth-order valence-electron chi connectivity index (χ4n) is 2.53. The highest BCUT2D eigenvalue weighted by Gasteiger charge is 2.14. The molecule has 0 saturated heterocycles. The summed E-state index contributed by atoms with van der Waals surface area (Å²) in [5, 5.41) is 18.3. The van der Waals surface area contributed by atoms with Crippen molar-refractivity contribution in [1.82, 2.24) is 24.4 Å². The van der Waals surface area contributed by atoms with Gasteiger partial charge in [-0.15, -0.1) is 0 Å². The van der Waals surface area contributed by atoms with Crippen LogP contribution >= 0.6 is 11.8 Å². The monoisotopic (exact) mass is 350 g/mol. The first-order chi connectivity index (χ1) is 12.1. The Kier molecular flexibility index (Phi) is 3.71. The predicted molar refractivity (Wildman–Crippen MR) is 90.4 cm³/mol. The van der Waals surface area contributed by atoms with Gasteiger partial charge < -0.3 is 0 Å². The number of fused-ring (bicyclic) bond motifs is 1. The van der Waals surface area contributed by atoms with E-state index < -0.39 is 0 Å². The molecule has 0 spiro atoms. The van der Waals surface area contributed by atoms with E-state index >= 15 is 0 Å². The van der Waals surface area contributed by atoms with Crippen LogP contribution in [0.25, 0.3) is 16.6 Å². The van der Waals surface area contributed by atoms with Crippen molar-refractivity contribution in [1.29, 1.82) is 5.26 Å². The second-order valence-corrected chi connectivity index (χ2v) is 6.44. The molecule has 0 saturated carbocycles. The molecule has 0 bridgehead atoms. The van der Waals surface area contributed by atoms with Crippen LogP contribution in [-0.4, -0.2) is 24.4 Å². The van der Waals surface area contributed by atoms with Crippen LogP contribution in [0.4, 0.5) is 4.39 Å². The molecule has 0 radical (unpaired) electrons. The quantitative estimate of drug-likeness (QED) is 0.567. The standard InChI is InChI=1S/C17H11FN6S/c1-23-9-13(8-21-23)11-4-15(25-16-5-14(18)2-3-20-16)17-12(6-19)7-22-24(17)10-11/h2-5,7-10H,1H3. The molecule has 122 valence electrons. The van der Waals surface area contributed by atoms with Gasteiger partial charge in [-0.3, -0.25) is 4.68 Å². The van der Waals surface area contributed by atoms with Gasteiger partial charge >= 0.3 is 0 Å². The van der Waals surface area contributed by atoms with Gasteiger partial charge in [-0.2, -0.15) is 15.5 Å². The first kappa shape index (κ1) is 15.4. The normalized spacial score (nSPS) is 10.9. The molecule has 25 heavy (non-hydrogen) atoms. The minimum atomic E-state index is -0.356. The van der Waals surface area contributed by atoms with Gasteiger partial charge in [0.1, 0.15) is 16.9 Å². The average molecular weight is 350 g/mol. The summed E-state index contributed by atoms with van der Waals surface area (Å²) in [6, 6.07) is 6.74. The van der Waals surface area contributed by atoms with E-state index in [9.17, 15) is 9.65 Å². The summed E-state index contributed by atoms with van der Waals surface area (Å²) in [6.07, 6.45) is 8.43. The van der Waals surface area contributed by atoms with E-state index in [1.807, 2.05) is 25.5 Å². The second kappa shape index (κ2) is 6.03. The van der Waals surface area contributed by atoms with Crippen LogP contribution in [0.3, 0.4) is 0 Å². The maximum Gasteiger partial charge on any atom is 0.127 e. The number of rotatable bonds is 3. The molecule has 0 aromatic carbocycles. The molecule has 0 atom stereocenters. The Labute approximate surface area is 146 Å². The van der Waals surface area contributed by atoms with E-state index in [1.165, 1.54) is 36.3 Å². The number of halogens is 1. The number of pyridine rings is 2. The Hall–Kier alpha value is -3.18. The Balaban J connectivity index is 1.90. The van der Waals surface area contributed by atoms with Crippen molar-refractivity contribution < 1.29 is 4.39 Å². The highest BCUT2D eigenvalue weighted by molar-refractivity contribution is 7.99. The van der Waals surface area contributed by atoms with Crippen molar-refractivity contribution in [2.75, 3.05) is 0 Å². The van der Waals surface area contributed by atoms with Gasteiger partial charge in [0.15, 0.2) is 0 Å². The largest absolute Gasteiger partial charge is 0.275 e. The third kappa shape index (κ3) is 2.86. The van der Waals surface area contributed by atoms with E-state index in [0.717, 1.165) is 16.0 Å². The van der Waals surface area contributed by atoms with Crippen molar-refractivity contribution in [2.24, 2.45) is 7.05 Å². The lowest BCUT2D eigenvalue weighted by atomic mass is 10.1. The predicted octanol–water partition coefficient (Wildman–Crippen LogP) is 3.29. The number of nitriles is 1. The minimum absolute atomic E-state index is 0.356. The molecule has 6 nitrogen and oxygen atoms in total. The van der Waals surface area contributed by atoms with Gasteiger partial charge in [0.2, 0.25) is 0 Å². The molecular formula is C17H11FN6S. The van der Waals surface area contributed by atoms with E-state index in [-0.39, 0.29) is 5.82 Å². The molecule has 0 aliphatic carbocycles. The van der Waals surface area contributed by atoms with E-state index in [2.05, 4.69) is 21.3 Å². The zero-order valence-electron chi connectivity index (χ0n) is 13.1. The summed E-state index contributed by atoms with van der Waals surface area (Å²) in [7, 11) is 1.84. The SMILES string of the molecule is Cn1cc(-c2cc(Sc3cc(F)ccn3)c3c(C#N)cnn3c2)cn1. The lowest BCUT2D eigenvalue weighted by molar-refractivity contribution is 0.620. The summed E-state index contributed by atoms with van der Waals surface area (Å²) in [6.45, 7) is 0. The van der Waals surface area contributed by atoms with Crippen molar-refractivity contribution in [3.63, 3.8) is 0 Å². The van der Waals surface area contributed by atoms with Crippen LogP contribution in [0.1, 0.15) is 5.56 Å². The van der Waals surface area contributed by atoms with Gasteiger partial charge in [-0.05, 0) is 12.1 Å². The summed E-state index contributed by atoms with van der Waals surface area (Å²) >= 11 is 1.29. The Morgan fingerprint density at radius 2 is 2.04 bits per heavy atom. The van der Waals surface area contributed by atoms with Crippen LogP contribution in [0, 0.1) is 17.1 Å². The lowest BCUT2D eigenvalue weighted by Crippen LogP contribution is -1.92. The van der Waals surface area contributed by atoms with Crippen molar-refractivity contribution >= 4 is 17.3 Å². The molecular weight excluding hydrogens is 339 g/mol. The van der Waals surface area contributed by atoms with Gasteiger partial charge in [0, 0.05) is 47.7 Å². The van der Waals surface area contributed by atoms with Gasteiger partial charge in [-0.1, -0.05) is 11.8 Å². The molecule has 0 aliphatic heterocycles. The molecule has 0 N–H and O–H groups in total. The molecule has 8 heteroatoms. The first-order valence-electron chi connectivity index (χ1n) is 7.34. The van der Waals surface area contributed by atoms with Crippen LogP contribution < -0.4 is 0 Å². The zero-order valence-corrected chi connectivity index (χ0v) is 13.9. The topological polar surface area (TPSA) is 71.8 Å². The van der Waals surface area contributed by atoms with Crippen molar-refractivity contribution in [3.8, 4) is 17.2 Å². The second-order valence-electron chi connectivity index (χ2n) is 5.37. The Morgan fingerprint density at radius 3 is 2.76 bits per heavy atom. The highest BCUT2D eigenvalue weighted by atomic mass is 32.2. The van der Waals surface area contributed by atoms with Crippen molar-refractivity contribution in [2.45, 2.75) is 9.92 Å². The minimum Gasteiger partial charge on any atom is -0.275 e. The molecule has 0 amide bonds. The maximum atomic E-state index is 13.5. The molecule has 0 fully saturated rings. The van der Waals surface area contributed by atoms with Gasteiger partial charge in [0.05, 0.1) is 23.5 Å². The van der Waals surface area contributed by atoms with Crippen LogP contribution in [-0.2, 0) is 7.05 Å². The summed E-state index contributed by atoms with van der Waals surface area (Å²) in [4.78, 5) is 4.95. The number of aryl methyl sites for hydroxylation is 1. The molecule has 4 rings (SSSR count). The third-order valence-electron chi connectivity index (χ3n) is 3.65. The van der Waals surface area contributed by atoms with Gasteiger partial charge in [-0.25, -0.2) is 13.9 Å². The first-order valence-corrected chi connectivity index (χ1v) is 8.15. The van der Waals surface area contributed by atoms with Crippen molar-refractivity contribution in [3.05, 3.63) is 60.6 Å². The number of nitrogens with zero attached hydrogens (tertiary/aromatic N) is 6. The van der Waals surface area contributed by atoms with Crippen LogP contribution in [0.5, 0.6) is 0 Å². The van der Waals surface area contributed by atoms with E-state index in [4.69, 9.17) is 0 Å². The Bertz CT molecular complexity index is 1120. The summed E-state index contributed by atoms with van der Waals surface area (Å²) in [5.41, 5.74) is 2.95. The number of aromatic nitrogens is 5. The fraction of sp³-hybridized carbons (Fsp3) is 0.0588. The van der Waals surface area contributed by atoms with E-state index in [1.54, 1.807) is 15.4 Å². The molecule has 4 aromatic heterocycles. The fourth-order valence-corrected chi connectivity index (χ4v) is 3.52. The Morgan fingerprint density at radius 1 is 1.16 bits per heavy atom. The summed E-state index contributed by atoms with van der Waals surface area (Å²) in [5.74, 6) is -0.356. The van der Waals surface area contributed by atoms with E-state index in [0.29, 0.717) is 16.1 Å². The van der Waals surface area contributed by atoms with Crippen LogP contribution in [0.2, 0.25) is 0 Å². The number of hydrogen-bond acceptors (Lipinski definition) is 5. The summed E-state index contributed by atoms with van der Waals surface area (Å²) < 4.78 is 16.8. The molecule has 0 aliphatic rings. The lowest BCUT2D eigenvalue weighted by Gasteiger charge is -2.07. The van der Waals surface area contributed by atoms with Gasteiger partial charge in [0.25, 0.3) is 0 Å². The molecule has 0 unspecified atom stereocenters. The number of hydrogen-bond donors (Lipinski definition) is 0. The highest BCUT2D eigenvalue weighted by Crippen LogP contribution is 2.34.